The first-order valence-electron chi connectivity index (χ1n) is 6.90. The summed E-state index contributed by atoms with van der Waals surface area (Å²) in [5.41, 5.74) is 4.40. The Kier molecular flexibility index (Phi) is 5.46. The van der Waals surface area contributed by atoms with Crippen LogP contribution in [0.5, 0.6) is 5.75 Å². The second-order valence-corrected chi connectivity index (χ2v) is 4.73. The highest BCUT2D eigenvalue weighted by Crippen LogP contribution is 2.15. The van der Waals surface area contributed by atoms with Crippen molar-refractivity contribution in [3.63, 3.8) is 0 Å². The molecule has 6 nitrogen and oxygen atoms in total. The van der Waals surface area contributed by atoms with Crippen molar-refractivity contribution in [1.29, 1.82) is 0 Å². The fraction of sp³-hybridized carbons (Fsp3) is 0.118. The lowest BCUT2D eigenvalue weighted by atomic mass is 10.1. The summed E-state index contributed by atoms with van der Waals surface area (Å²) in [4.78, 5) is 22.6. The number of para-hydroxylation sites is 1. The van der Waals surface area contributed by atoms with E-state index >= 15 is 0 Å². The van der Waals surface area contributed by atoms with Crippen molar-refractivity contribution in [2.75, 3.05) is 6.61 Å². The molecule has 0 saturated carbocycles. The zero-order valence-corrected chi connectivity index (χ0v) is 12.5. The molecule has 0 aliphatic carbocycles. The molecule has 2 aromatic carbocycles. The third-order valence-electron chi connectivity index (χ3n) is 3.03. The van der Waals surface area contributed by atoms with Gasteiger partial charge >= 0.3 is 5.97 Å². The van der Waals surface area contributed by atoms with E-state index in [4.69, 9.17) is 9.84 Å². The quantitative estimate of drug-likeness (QED) is 0.632. The molecule has 0 aromatic heterocycles. The van der Waals surface area contributed by atoms with Crippen molar-refractivity contribution in [3.05, 3.63) is 65.2 Å². The van der Waals surface area contributed by atoms with Crippen LogP contribution in [0.25, 0.3) is 0 Å². The van der Waals surface area contributed by atoms with Gasteiger partial charge in [0.05, 0.1) is 6.21 Å². The summed E-state index contributed by atoms with van der Waals surface area (Å²) in [7, 11) is 0. The Bertz CT molecular complexity index is 741. The molecule has 23 heavy (non-hydrogen) atoms. The van der Waals surface area contributed by atoms with Gasteiger partial charge in [0.2, 0.25) is 0 Å². The van der Waals surface area contributed by atoms with Crippen LogP contribution in [0, 0.1) is 6.92 Å². The van der Waals surface area contributed by atoms with Crippen molar-refractivity contribution in [3.8, 4) is 5.75 Å². The maximum atomic E-state index is 12.0. The Hall–Kier alpha value is -3.15. The molecule has 2 aromatic rings. The molecule has 0 aliphatic rings. The van der Waals surface area contributed by atoms with Crippen LogP contribution in [0.4, 0.5) is 0 Å². The molecule has 0 atom stereocenters. The number of carboxylic acids is 1. The van der Waals surface area contributed by atoms with Gasteiger partial charge in [0.15, 0.2) is 6.61 Å². The van der Waals surface area contributed by atoms with Gasteiger partial charge in [-0.3, -0.25) is 4.79 Å². The SMILES string of the molecule is Cc1ccccc1C(=O)N/N=C\c1ccccc1OCC(=O)O. The molecule has 0 aliphatic heterocycles. The van der Waals surface area contributed by atoms with Crippen LogP contribution < -0.4 is 10.2 Å². The Morgan fingerprint density at radius 2 is 1.87 bits per heavy atom. The van der Waals surface area contributed by atoms with Gasteiger partial charge in [-0.1, -0.05) is 30.3 Å². The van der Waals surface area contributed by atoms with Crippen molar-refractivity contribution in [2.45, 2.75) is 6.92 Å². The van der Waals surface area contributed by atoms with Crippen LogP contribution in [-0.2, 0) is 4.79 Å². The van der Waals surface area contributed by atoms with E-state index < -0.39 is 12.6 Å². The molecule has 0 unspecified atom stereocenters. The van der Waals surface area contributed by atoms with Gasteiger partial charge in [0.1, 0.15) is 5.75 Å². The predicted octanol–water partition coefficient (Wildman–Crippen LogP) is 2.22. The fourth-order valence-corrected chi connectivity index (χ4v) is 1.91. The van der Waals surface area contributed by atoms with Gasteiger partial charge in [-0.2, -0.15) is 5.10 Å². The lowest BCUT2D eigenvalue weighted by molar-refractivity contribution is -0.139. The summed E-state index contributed by atoms with van der Waals surface area (Å²) < 4.78 is 5.16. The van der Waals surface area contributed by atoms with Crippen LogP contribution in [-0.4, -0.2) is 29.8 Å². The Balaban J connectivity index is 2.05. The average molecular weight is 312 g/mol. The van der Waals surface area contributed by atoms with E-state index in [9.17, 15) is 9.59 Å². The molecule has 0 heterocycles. The fourth-order valence-electron chi connectivity index (χ4n) is 1.91. The van der Waals surface area contributed by atoms with Crippen molar-refractivity contribution >= 4 is 18.1 Å². The molecule has 118 valence electrons. The van der Waals surface area contributed by atoms with Crippen molar-refractivity contribution in [1.82, 2.24) is 5.43 Å². The molecule has 6 heteroatoms. The van der Waals surface area contributed by atoms with Crippen LogP contribution in [0.1, 0.15) is 21.5 Å². The topological polar surface area (TPSA) is 88.0 Å². The first-order chi connectivity index (χ1) is 11.1. The molecule has 0 fully saturated rings. The van der Waals surface area contributed by atoms with E-state index in [1.54, 1.807) is 36.4 Å². The smallest absolute Gasteiger partial charge is 0.341 e. The Morgan fingerprint density at radius 1 is 1.17 bits per heavy atom. The van der Waals surface area contributed by atoms with Gasteiger partial charge in [-0.25, -0.2) is 10.2 Å². The number of carbonyl (C=O) groups excluding carboxylic acids is 1. The van der Waals surface area contributed by atoms with Gasteiger partial charge in [-0.05, 0) is 30.7 Å². The van der Waals surface area contributed by atoms with Crippen LogP contribution >= 0.6 is 0 Å². The van der Waals surface area contributed by atoms with E-state index in [-0.39, 0.29) is 5.91 Å². The number of ether oxygens (including phenoxy) is 1. The summed E-state index contributed by atoms with van der Waals surface area (Å²) in [6, 6.07) is 14.0. The zero-order chi connectivity index (χ0) is 16.7. The summed E-state index contributed by atoms with van der Waals surface area (Å²) in [5, 5.41) is 12.5. The summed E-state index contributed by atoms with van der Waals surface area (Å²) in [6.07, 6.45) is 1.41. The van der Waals surface area contributed by atoms with Crippen molar-refractivity contribution in [2.24, 2.45) is 5.10 Å². The van der Waals surface area contributed by atoms with E-state index in [0.29, 0.717) is 16.9 Å². The largest absolute Gasteiger partial charge is 0.481 e. The number of aryl methyl sites for hydroxylation is 1. The summed E-state index contributed by atoms with van der Waals surface area (Å²) >= 11 is 0. The number of carboxylic acid groups (broad SMARTS) is 1. The number of hydrogen-bond donors (Lipinski definition) is 2. The lowest BCUT2D eigenvalue weighted by Gasteiger charge is -2.06. The molecule has 2 rings (SSSR count). The second-order valence-electron chi connectivity index (χ2n) is 4.73. The van der Waals surface area contributed by atoms with Gasteiger partial charge in [0, 0.05) is 11.1 Å². The zero-order valence-electron chi connectivity index (χ0n) is 12.5. The van der Waals surface area contributed by atoms with Crippen LogP contribution in [0.15, 0.2) is 53.6 Å². The molecule has 0 bridgehead atoms. The Labute approximate surface area is 133 Å². The standard InChI is InChI=1S/C17H16N2O4/c1-12-6-2-4-8-14(12)17(22)19-18-10-13-7-3-5-9-15(13)23-11-16(20)21/h2-10H,11H2,1H3,(H,19,22)(H,20,21)/b18-10-. The van der Waals surface area contributed by atoms with Crippen molar-refractivity contribution < 1.29 is 19.4 Å². The highest BCUT2D eigenvalue weighted by Gasteiger charge is 2.07. The van der Waals surface area contributed by atoms with Crippen LogP contribution in [0.3, 0.4) is 0 Å². The lowest BCUT2D eigenvalue weighted by Crippen LogP contribution is -2.18. The number of nitrogens with zero attached hydrogens (tertiary/aromatic N) is 1. The van der Waals surface area contributed by atoms with E-state index in [1.807, 2.05) is 19.1 Å². The summed E-state index contributed by atoms with van der Waals surface area (Å²) in [6.45, 7) is 1.40. The normalized spacial score (nSPS) is 10.5. The predicted molar refractivity (Wildman–Crippen MR) is 85.8 cm³/mol. The number of benzene rings is 2. The highest BCUT2D eigenvalue weighted by molar-refractivity contribution is 5.96. The van der Waals surface area contributed by atoms with E-state index in [0.717, 1.165) is 5.56 Å². The molecule has 0 spiro atoms. The molecular formula is C17H16N2O4. The number of carbonyl (C=O) groups is 2. The third-order valence-corrected chi connectivity index (χ3v) is 3.03. The van der Waals surface area contributed by atoms with E-state index in [2.05, 4.69) is 10.5 Å². The molecular weight excluding hydrogens is 296 g/mol. The minimum absolute atomic E-state index is 0.316. The molecule has 1 amide bonds. The number of hydrogen-bond acceptors (Lipinski definition) is 4. The monoisotopic (exact) mass is 312 g/mol. The Morgan fingerprint density at radius 3 is 2.61 bits per heavy atom. The number of nitrogens with one attached hydrogen (secondary N) is 1. The molecule has 0 saturated heterocycles. The van der Waals surface area contributed by atoms with E-state index in [1.165, 1.54) is 6.21 Å². The second kappa shape index (κ2) is 7.74. The highest BCUT2D eigenvalue weighted by atomic mass is 16.5. The van der Waals surface area contributed by atoms with Gasteiger partial charge < -0.3 is 9.84 Å². The summed E-state index contributed by atoms with van der Waals surface area (Å²) in [5.74, 6) is -1.00. The number of rotatable bonds is 6. The molecule has 0 radical (unpaired) electrons. The van der Waals surface area contributed by atoms with Crippen LogP contribution in [0.2, 0.25) is 0 Å². The van der Waals surface area contributed by atoms with Gasteiger partial charge in [0.25, 0.3) is 5.91 Å². The van der Waals surface area contributed by atoms with Gasteiger partial charge in [-0.15, -0.1) is 0 Å². The minimum Gasteiger partial charge on any atom is -0.481 e. The minimum atomic E-state index is -1.07. The first kappa shape index (κ1) is 16.2. The molecule has 2 N–H and O–H groups in total. The number of hydrazone groups is 1. The maximum Gasteiger partial charge on any atom is 0.341 e. The maximum absolute atomic E-state index is 12.0. The average Bonchev–Trinajstić information content (AvgIpc) is 2.54. The number of amides is 1. The number of aliphatic carboxylic acids is 1. The third kappa shape index (κ3) is 4.67. The first-order valence-corrected chi connectivity index (χ1v) is 6.90.